The summed E-state index contributed by atoms with van der Waals surface area (Å²) in [4.78, 5) is 39.9. The number of benzene rings is 1. The van der Waals surface area contributed by atoms with Gasteiger partial charge < -0.3 is 10.6 Å². The summed E-state index contributed by atoms with van der Waals surface area (Å²) in [7, 11) is 0. The summed E-state index contributed by atoms with van der Waals surface area (Å²) in [6, 6.07) is 4.94. The lowest BCUT2D eigenvalue weighted by Gasteiger charge is -2.32. The van der Waals surface area contributed by atoms with Crippen LogP contribution in [0.1, 0.15) is 33.6 Å². The fourth-order valence-electron chi connectivity index (χ4n) is 3.06. The molecule has 2 heterocycles. The van der Waals surface area contributed by atoms with Crippen LogP contribution in [0, 0.1) is 5.92 Å². The van der Waals surface area contributed by atoms with E-state index in [1.54, 1.807) is 23.1 Å². The maximum Gasteiger partial charge on any atom is 0.262 e. The van der Waals surface area contributed by atoms with Crippen molar-refractivity contribution in [3.63, 3.8) is 0 Å². The van der Waals surface area contributed by atoms with Crippen LogP contribution in [0.3, 0.4) is 0 Å². The molecule has 0 saturated carbocycles. The van der Waals surface area contributed by atoms with Crippen molar-refractivity contribution in [3.8, 4) is 0 Å². The molecular formula is C16H18BrN3O3. The van der Waals surface area contributed by atoms with E-state index in [0.29, 0.717) is 36.7 Å². The van der Waals surface area contributed by atoms with Gasteiger partial charge in [-0.1, -0.05) is 15.9 Å². The van der Waals surface area contributed by atoms with E-state index in [2.05, 4.69) is 15.9 Å². The van der Waals surface area contributed by atoms with Gasteiger partial charge in [0.25, 0.3) is 11.8 Å². The van der Waals surface area contributed by atoms with E-state index in [9.17, 15) is 14.4 Å². The number of imide groups is 1. The lowest BCUT2D eigenvalue weighted by atomic mass is 9.97. The summed E-state index contributed by atoms with van der Waals surface area (Å²) < 4.78 is 0.731. The minimum Gasteiger partial charge on any atom is -0.341 e. The van der Waals surface area contributed by atoms with Crippen molar-refractivity contribution in [2.24, 2.45) is 11.7 Å². The Morgan fingerprint density at radius 2 is 1.83 bits per heavy atom. The Morgan fingerprint density at radius 3 is 2.48 bits per heavy atom. The van der Waals surface area contributed by atoms with Gasteiger partial charge in [0.1, 0.15) is 6.54 Å². The van der Waals surface area contributed by atoms with Crippen molar-refractivity contribution in [3.05, 3.63) is 33.8 Å². The number of nitrogens with zero attached hydrogens (tertiary/aromatic N) is 2. The number of piperidine rings is 1. The normalized spacial score (nSPS) is 18.5. The van der Waals surface area contributed by atoms with Crippen molar-refractivity contribution < 1.29 is 14.4 Å². The molecule has 6 nitrogen and oxygen atoms in total. The Bertz CT molecular complexity index is 669. The number of likely N-dealkylation sites (tertiary alicyclic amines) is 1. The molecule has 2 N–H and O–H groups in total. The van der Waals surface area contributed by atoms with Crippen molar-refractivity contribution in [1.29, 1.82) is 0 Å². The van der Waals surface area contributed by atoms with Gasteiger partial charge in [0.2, 0.25) is 5.91 Å². The summed E-state index contributed by atoms with van der Waals surface area (Å²) in [6.07, 6.45) is 1.74. The molecule has 0 unspecified atom stereocenters. The van der Waals surface area contributed by atoms with Gasteiger partial charge in [-0.2, -0.15) is 0 Å². The lowest BCUT2D eigenvalue weighted by Crippen LogP contribution is -2.46. The van der Waals surface area contributed by atoms with Crippen molar-refractivity contribution >= 4 is 33.7 Å². The van der Waals surface area contributed by atoms with Crippen molar-refractivity contribution in [2.75, 3.05) is 26.2 Å². The second kappa shape index (κ2) is 6.41. The number of amides is 3. The molecule has 2 aliphatic heterocycles. The van der Waals surface area contributed by atoms with Crippen LogP contribution in [0.25, 0.3) is 0 Å². The van der Waals surface area contributed by atoms with Crippen LogP contribution in [0.4, 0.5) is 0 Å². The molecule has 2 aliphatic rings. The van der Waals surface area contributed by atoms with Gasteiger partial charge in [-0.25, -0.2) is 0 Å². The van der Waals surface area contributed by atoms with Crippen LogP contribution in [-0.2, 0) is 4.79 Å². The van der Waals surface area contributed by atoms with E-state index >= 15 is 0 Å². The Morgan fingerprint density at radius 1 is 1.17 bits per heavy atom. The topological polar surface area (TPSA) is 83.7 Å². The van der Waals surface area contributed by atoms with Crippen LogP contribution in [-0.4, -0.2) is 53.7 Å². The molecule has 0 aromatic heterocycles. The molecule has 1 fully saturated rings. The van der Waals surface area contributed by atoms with E-state index in [-0.39, 0.29) is 12.5 Å². The largest absolute Gasteiger partial charge is 0.341 e. The maximum absolute atomic E-state index is 12.4. The number of halogens is 1. The van der Waals surface area contributed by atoms with Gasteiger partial charge in [-0.15, -0.1) is 0 Å². The molecule has 7 heteroatoms. The first-order valence-corrected chi connectivity index (χ1v) is 8.44. The second-order valence-corrected chi connectivity index (χ2v) is 6.86. The maximum atomic E-state index is 12.4. The highest BCUT2D eigenvalue weighted by Gasteiger charge is 2.37. The molecule has 0 atom stereocenters. The number of carbonyl (C=O) groups is 3. The first kappa shape index (κ1) is 16.1. The molecule has 0 radical (unpaired) electrons. The molecule has 1 aromatic rings. The quantitative estimate of drug-likeness (QED) is 0.800. The highest BCUT2D eigenvalue weighted by Crippen LogP contribution is 2.26. The summed E-state index contributed by atoms with van der Waals surface area (Å²) in [5, 5.41) is 0. The third-order valence-corrected chi connectivity index (χ3v) is 5.02. The third-order valence-electron chi connectivity index (χ3n) is 4.53. The number of fused-ring (bicyclic) bond motifs is 1. The second-order valence-electron chi connectivity index (χ2n) is 5.95. The van der Waals surface area contributed by atoms with E-state index in [0.717, 1.165) is 22.2 Å². The molecule has 122 valence electrons. The molecule has 3 amide bonds. The first-order valence-electron chi connectivity index (χ1n) is 7.65. The van der Waals surface area contributed by atoms with Crippen molar-refractivity contribution in [2.45, 2.75) is 12.8 Å². The SMILES string of the molecule is NCC1CCN(C(=O)CN2C(=O)c3ccc(Br)cc3C2=O)CC1. The smallest absolute Gasteiger partial charge is 0.262 e. The Labute approximate surface area is 142 Å². The van der Waals surface area contributed by atoms with Gasteiger partial charge in [-0.3, -0.25) is 19.3 Å². The number of hydrogen-bond donors (Lipinski definition) is 1. The Hall–Kier alpha value is -1.73. The summed E-state index contributed by atoms with van der Waals surface area (Å²) in [6.45, 7) is 1.71. The number of hydrogen-bond acceptors (Lipinski definition) is 4. The van der Waals surface area contributed by atoms with E-state index < -0.39 is 11.8 Å². The fraction of sp³-hybridized carbons (Fsp3) is 0.438. The fourth-order valence-corrected chi connectivity index (χ4v) is 3.42. The van der Waals surface area contributed by atoms with Crippen LogP contribution < -0.4 is 5.73 Å². The lowest BCUT2D eigenvalue weighted by molar-refractivity contribution is -0.132. The standard InChI is InChI=1S/C16H18BrN3O3/c17-11-1-2-12-13(7-11)16(23)20(15(12)22)9-14(21)19-5-3-10(8-18)4-6-19/h1-2,7,10H,3-6,8-9,18H2. The minimum absolute atomic E-state index is 0.186. The van der Waals surface area contributed by atoms with Gasteiger partial charge in [0.05, 0.1) is 11.1 Å². The van der Waals surface area contributed by atoms with Crippen LogP contribution >= 0.6 is 15.9 Å². The molecular weight excluding hydrogens is 362 g/mol. The average molecular weight is 380 g/mol. The number of carbonyl (C=O) groups excluding carboxylic acids is 3. The zero-order chi connectivity index (χ0) is 16.6. The average Bonchev–Trinajstić information content (AvgIpc) is 2.79. The van der Waals surface area contributed by atoms with Gasteiger partial charge in [-0.05, 0) is 43.5 Å². The summed E-state index contributed by atoms with van der Waals surface area (Å²) in [5.74, 6) is -0.538. The molecule has 0 aliphatic carbocycles. The Balaban J connectivity index is 1.68. The van der Waals surface area contributed by atoms with Gasteiger partial charge in [0.15, 0.2) is 0 Å². The molecule has 1 saturated heterocycles. The van der Waals surface area contributed by atoms with Gasteiger partial charge in [0, 0.05) is 17.6 Å². The molecule has 0 spiro atoms. The Kier molecular flexibility index (Phi) is 4.50. The predicted octanol–water partition coefficient (Wildman–Crippen LogP) is 1.24. The predicted molar refractivity (Wildman–Crippen MR) is 87.9 cm³/mol. The number of nitrogens with two attached hydrogens (primary N) is 1. The number of rotatable bonds is 3. The molecule has 23 heavy (non-hydrogen) atoms. The van der Waals surface area contributed by atoms with Crippen LogP contribution in [0.5, 0.6) is 0 Å². The first-order chi connectivity index (χ1) is 11.0. The van der Waals surface area contributed by atoms with Gasteiger partial charge >= 0.3 is 0 Å². The zero-order valence-electron chi connectivity index (χ0n) is 12.6. The van der Waals surface area contributed by atoms with Crippen LogP contribution in [0.2, 0.25) is 0 Å². The monoisotopic (exact) mass is 379 g/mol. The van der Waals surface area contributed by atoms with Crippen molar-refractivity contribution in [1.82, 2.24) is 9.80 Å². The zero-order valence-corrected chi connectivity index (χ0v) is 14.2. The minimum atomic E-state index is -0.406. The summed E-state index contributed by atoms with van der Waals surface area (Å²) in [5.41, 5.74) is 6.35. The van der Waals surface area contributed by atoms with E-state index in [1.165, 1.54) is 0 Å². The molecule has 0 bridgehead atoms. The highest BCUT2D eigenvalue weighted by molar-refractivity contribution is 9.10. The van der Waals surface area contributed by atoms with E-state index in [1.807, 2.05) is 0 Å². The third kappa shape index (κ3) is 3.03. The highest BCUT2D eigenvalue weighted by atomic mass is 79.9. The van der Waals surface area contributed by atoms with E-state index in [4.69, 9.17) is 5.73 Å². The molecule has 1 aromatic carbocycles. The summed E-state index contributed by atoms with van der Waals surface area (Å²) >= 11 is 3.29. The molecule has 3 rings (SSSR count). The van der Waals surface area contributed by atoms with Crippen LogP contribution in [0.15, 0.2) is 22.7 Å².